The lowest BCUT2D eigenvalue weighted by molar-refractivity contribution is -0.162. The van der Waals surface area contributed by atoms with E-state index in [1.165, 1.54) is 12.1 Å². The summed E-state index contributed by atoms with van der Waals surface area (Å²) >= 11 is 0. The van der Waals surface area contributed by atoms with Crippen LogP contribution in [0.15, 0.2) is 95.0 Å². The number of carbonyl (C=O) groups excluding carboxylic acids is 2. The van der Waals surface area contributed by atoms with E-state index in [0.717, 1.165) is 5.56 Å². The minimum absolute atomic E-state index is 0.0141. The van der Waals surface area contributed by atoms with Crippen LogP contribution in [0.1, 0.15) is 42.9 Å². The Hall–Kier alpha value is -3.98. The number of benzene rings is 3. The lowest BCUT2D eigenvalue weighted by Gasteiger charge is -2.25. The molecule has 0 amide bonds. The van der Waals surface area contributed by atoms with Gasteiger partial charge in [0.05, 0.1) is 18.9 Å². The van der Waals surface area contributed by atoms with Gasteiger partial charge in [-0.3, -0.25) is 13.9 Å². The molecule has 0 saturated carbocycles. The predicted molar refractivity (Wildman–Crippen MR) is 143 cm³/mol. The summed E-state index contributed by atoms with van der Waals surface area (Å²) in [5.74, 6) is -3.56. The van der Waals surface area contributed by atoms with Crippen LogP contribution in [0.5, 0.6) is 0 Å². The van der Waals surface area contributed by atoms with Crippen molar-refractivity contribution >= 4 is 27.8 Å². The molecule has 0 aliphatic carbocycles. The maximum absolute atomic E-state index is 13.0. The fourth-order valence-corrected chi connectivity index (χ4v) is 4.65. The SMILES string of the molecule is CCOC(=O)C(C(=O)OCC)C(C/C(=N/OS(=O)(=O)c1ccc(C)cc1)c1ccccc1)c1ccccc1. The van der Waals surface area contributed by atoms with E-state index < -0.39 is 33.9 Å². The first kappa shape index (κ1) is 28.6. The van der Waals surface area contributed by atoms with Crippen molar-refractivity contribution in [3.8, 4) is 0 Å². The Kier molecular flexibility index (Phi) is 10.2. The molecule has 3 aromatic rings. The Labute approximate surface area is 223 Å². The second kappa shape index (κ2) is 13.5. The molecule has 0 aliphatic heterocycles. The molecule has 0 aliphatic rings. The molecule has 1 unspecified atom stereocenters. The Morgan fingerprint density at radius 3 is 1.84 bits per heavy atom. The number of hydrogen-bond donors (Lipinski definition) is 0. The van der Waals surface area contributed by atoms with Gasteiger partial charge in [-0.2, -0.15) is 8.42 Å². The number of oxime groups is 1. The van der Waals surface area contributed by atoms with Crippen LogP contribution < -0.4 is 0 Å². The minimum atomic E-state index is -4.22. The third-order valence-corrected chi connectivity index (χ3v) is 6.91. The van der Waals surface area contributed by atoms with Crippen molar-refractivity contribution in [2.45, 2.75) is 38.0 Å². The van der Waals surface area contributed by atoms with E-state index in [9.17, 15) is 18.0 Å². The largest absolute Gasteiger partial charge is 0.465 e. The number of aryl methyl sites for hydroxylation is 1. The summed E-state index contributed by atoms with van der Waals surface area (Å²) in [6.45, 7) is 5.30. The molecule has 3 rings (SSSR count). The standard InChI is InChI=1S/C29H31NO7S/c1-4-35-28(31)27(29(32)36-5-2)25(22-12-8-6-9-13-22)20-26(23-14-10-7-11-15-23)30-37-38(33,34)24-18-16-21(3)17-19-24/h6-19,25,27H,4-5,20H2,1-3H3/b30-26-. The topological polar surface area (TPSA) is 108 Å². The third kappa shape index (κ3) is 7.52. The maximum Gasteiger partial charge on any atom is 0.358 e. The Balaban J connectivity index is 2.08. The van der Waals surface area contributed by atoms with Gasteiger partial charge in [0.1, 0.15) is 4.90 Å². The average Bonchev–Trinajstić information content (AvgIpc) is 2.92. The normalized spacial score (nSPS) is 12.6. The van der Waals surface area contributed by atoms with Gasteiger partial charge in [-0.1, -0.05) is 83.5 Å². The molecule has 8 nitrogen and oxygen atoms in total. The Bertz CT molecular complexity index is 1320. The fraction of sp³-hybridized carbons (Fsp3) is 0.276. The molecule has 0 radical (unpaired) electrons. The highest BCUT2D eigenvalue weighted by molar-refractivity contribution is 7.86. The molecule has 0 heterocycles. The van der Waals surface area contributed by atoms with Gasteiger partial charge in [-0.05, 0) is 44.0 Å². The smallest absolute Gasteiger partial charge is 0.358 e. The first-order valence-electron chi connectivity index (χ1n) is 12.3. The van der Waals surface area contributed by atoms with Gasteiger partial charge >= 0.3 is 22.1 Å². The van der Waals surface area contributed by atoms with E-state index in [-0.39, 0.29) is 30.2 Å². The van der Waals surface area contributed by atoms with Gasteiger partial charge in [-0.25, -0.2) is 0 Å². The van der Waals surface area contributed by atoms with Gasteiger partial charge in [0, 0.05) is 12.3 Å². The van der Waals surface area contributed by atoms with Crippen LogP contribution in [0.4, 0.5) is 0 Å². The molecule has 0 bridgehead atoms. The van der Waals surface area contributed by atoms with Crippen LogP contribution in [0, 0.1) is 12.8 Å². The zero-order valence-electron chi connectivity index (χ0n) is 21.6. The van der Waals surface area contributed by atoms with Gasteiger partial charge in [0.25, 0.3) is 0 Å². The molecular formula is C29H31NO7S. The Morgan fingerprint density at radius 2 is 1.32 bits per heavy atom. The first-order valence-corrected chi connectivity index (χ1v) is 13.7. The highest BCUT2D eigenvalue weighted by Crippen LogP contribution is 2.32. The molecule has 9 heteroatoms. The number of rotatable bonds is 12. The van der Waals surface area contributed by atoms with Crippen molar-refractivity contribution in [3.05, 3.63) is 102 Å². The molecule has 38 heavy (non-hydrogen) atoms. The first-order chi connectivity index (χ1) is 18.3. The van der Waals surface area contributed by atoms with Gasteiger partial charge in [0.2, 0.25) is 0 Å². The summed E-state index contributed by atoms with van der Waals surface area (Å²) in [6, 6.07) is 24.0. The maximum atomic E-state index is 13.0. The highest BCUT2D eigenvalue weighted by atomic mass is 32.2. The molecule has 3 aromatic carbocycles. The molecule has 0 aromatic heterocycles. The number of carbonyl (C=O) groups is 2. The lowest BCUT2D eigenvalue weighted by Crippen LogP contribution is -2.34. The summed E-state index contributed by atoms with van der Waals surface area (Å²) in [7, 11) is -4.22. The molecule has 0 fully saturated rings. The summed E-state index contributed by atoms with van der Waals surface area (Å²) in [4.78, 5) is 26.0. The Morgan fingerprint density at radius 1 is 0.789 bits per heavy atom. The monoisotopic (exact) mass is 537 g/mol. The summed E-state index contributed by atoms with van der Waals surface area (Å²) in [6.07, 6.45) is -0.0141. The second-order valence-electron chi connectivity index (χ2n) is 8.45. The van der Waals surface area contributed by atoms with E-state index in [0.29, 0.717) is 11.1 Å². The van der Waals surface area contributed by atoms with E-state index in [4.69, 9.17) is 13.8 Å². The minimum Gasteiger partial charge on any atom is -0.465 e. The summed E-state index contributed by atoms with van der Waals surface area (Å²) < 4.78 is 41.4. The van der Waals surface area contributed by atoms with E-state index in [1.54, 1.807) is 80.6 Å². The van der Waals surface area contributed by atoms with Crippen LogP contribution in [-0.2, 0) is 33.5 Å². The molecular weight excluding hydrogens is 506 g/mol. The summed E-state index contributed by atoms with van der Waals surface area (Å²) in [5.41, 5.74) is 2.35. The summed E-state index contributed by atoms with van der Waals surface area (Å²) in [5, 5.41) is 4.05. The molecule has 0 saturated heterocycles. The molecule has 200 valence electrons. The average molecular weight is 538 g/mol. The zero-order chi connectivity index (χ0) is 27.5. The third-order valence-electron chi connectivity index (χ3n) is 5.79. The van der Waals surface area contributed by atoms with Crippen molar-refractivity contribution in [1.29, 1.82) is 0 Å². The predicted octanol–water partition coefficient (Wildman–Crippen LogP) is 5.02. The van der Waals surface area contributed by atoms with Crippen LogP contribution in [0.2, 0.25) is 0 Å². The van der Waals surface area contributed by atoms with Gasteiger partial charge in [0.15, 0.2) is 5.92 Å². The molecule has 0 spiro atoms. The van der Waals surface area contributed by atoms with E-state index >= 15 is 0 Å². The fourth-order valence-electron chi connectivity index (χ4n) is 3.91. The van der Waals surface area contributed by atoms with Crippen LogP contribution in [0.3, 0.4) is 0 Å². The van der Waals surface area contributed by atoms with Crippen LogP contribution >= 0.6 is 0 Å². The van der Waals surface area contributed by atoms with Crippen molar-refractivity contribution in [3.63, 3.8) is 0 Å². The van der Waals surface area contributed by atoms with Crippen LogP contribution in [0.25, 0.3) is 0 Å². The van der Waals surface area contributed by atoms with E-state index in [2.05, 4.69) is 5.16 Å². The second-order valence-corrected chi connectivity index (χ2v) is 9.98. The van der Waals surface area contributed by atoms with Crippen LogP contribution in [-0.4, -0.2) is 39.3 Å². The number of ether oxygens (including phenoxy) is 2. The van der Waals surface area contributed by atoms with Crippen molar-refractivity contribution in [1.82, 2.24) is 0 Å². The van der Waals surface area contributed by atoms with Crippen molar-refractivity contribution in [2.75, 3.05) is 13.2 Å². The molecule has 0 N–H and O–H groups in total. The number of nitrogens with zero attached hydrogens (tertiary/aromatic N) is 1. The molecule has 1 atom stereocenters. The highest BCUT2D eigenvalue weighted by Gasteiger charge is 2.39. The lowest BCUT2D eigenvalue weighted by atomic mass is 9.81. The quantitative estimate of drug-likeness (QED) is 0.138. The van der Waals surface area contributed by atoms with Gasteiger partial charge in [-0.15, -0.1) is 0 Å². The number of hydrogen-bond acceptors (Lipinski definition) is 8. The van der Waals surface area contributed by atoms with Crippen molar-refractivity contribution < 1.29 is 31.8 Å². The zero-order valence-corrected chi connectivity index (χ0v) is 22.4. The van der Waals surface area contributed by atoms with E-state index in [1.807, 2.05) is 13.0 Å². The number of esters is 2. The van der Waals surface area contributed by atoms with Gasteiger partial charge < -0.3 is 9.47 Å². The van der Waals surface area contributed by atoms with Crippen molar-refractivity contribution in [2.24, 2.45) is 11.1 Å².